The molecule has 0 spiro atoms. The summed E-state index contributed by atoms with van der Waals surface area (Å²) >= 11 is 0. The van der Waals surface area contributed by atoms with E-state index in [2.05, 4.69) is 13.8 Å². The number of carbonyl (C=O) groups is 1. The molecule has 1 fully saturated rings. The number of rotatable bonds is 11. The Labute approximate surface area is 120 Å². The third-order valence-electron chi connectivity index (χ3n) is 5.09. The molecule has 112 valence electrons. The predicted molar refractivity (Wildman–Crippen MR) is 83.4 cm³/mol. The van der Waals surface area contributed by atoms with Crippen molar-refractivity contribution in [2.24, 2.45) is 5.41 Å². The minimum atomic E-state index is 0.0983. The average Bonchev–Trinajstić information content (AvgIpc) is 2.91. The molecule has 19 heavy (non-hydrogen) atoms. The first-order valence-electron chi connectivity index (χ1n) is 8.78. The molecule has 1 heteroatoms. The Morgan fingerprint density at radius 1 is 0.842 bits per heavy atom. The van der Waals surface area contributed by atoms with Crippen LogP contribution in [0.5, 0.6) is 0 Å². The number of unbranched alkanes of at least 4 members (excludes halogenated alkanes) is 7. The van der Waals surface area contributed by atoms with Crippen LogP contribution in [0.15, 0.2) is 0 Å². The van der Waals surface area contributed by atoms with Gasteiger partial charge in [-0.3, -0.25) is 4.79 Å². The van der Waals surface area contributed by atoms with E-state index >= 15 is 0 Å². The molecule has 0 aliphatic heterocycles. The average molecular weight is 266 g/mol. The maximum Gasteiger partial charge on any atom is 0.139 e. The van der Waals surface area contributed by atoms with Crippen molar-refractivity contribution in [3.63, 3.8) is 0 Å². The summed E-state index contributed by atoms with van der Waals surface area (Å²) < 4.78 is 0. The van der Waals surface area contributed by atoms with Gasteiger partial charge < -0.3 is 0 Å². The van der Waals surface area contributed by atoms with Crippen LogP contribution in [0.4, 0.5) is 0 Å². The molecule has 1 rings (SSSR count). The van der Waals surface area contributed by atoms with E-state index in [1.807, 2.05) is 0 Å². The number of hydrogen-bond acceptors (Lipinski definition) is 1. The highest BCUT2D eigenvalue weighted by Gasteiger charge is 2.38. The Hall–Kier alpha value is -0.330. The van der Waals surface area contributed by atoms with Gasteiger partial charge in [-0.2, -0.15) is 0 Å². The number of ketones is 1. The summed E-state index contributed by atoms with van der Waals surface area (Å²) in [5.41, 5.74) is 0.0983. The molecule has 0 aromatic heterocycles. The largest absolute Gasteiger partial charge is 0.299 e. The molecule has 0 heterocycles. The molecular weight excluding hydrogens is 232 g/mol. The lowest BCUT2D eigenvalue weighted by Gasteiger charge is -2.25. The van der Waals surface area contributed by atoms with Crippen LogP contribution in [0.25, 0.3) is 0 Å². The van der Waals surface area contributed by atoms with Crippen LogP contribution in [0.1, 0.15) is 104 Å². The summed E-state index contributed by atoms with van der Waals surface area (Å²) in [6, 6.07) is 0. The molecule has 0 radical (unpaired) electrons. The van der Waals surface area contributed by atoms with E-state index in [0.29, 0.717) is 5.78 Å². The van der Waals surface area contributed by atoms with Crippen LogP contribution in [-0.4, -0.2) is 5.78 Å². The fourth-order valence-corrected chi connectivity index (χ4v) is 3.57. The predicted octanol–water partition coefficient (Wildman–Crippen LogP) is 6.06. The first-order valence-corrected chi connectivity index (χ1v) is 8.78. The lowest BCUT2D eigenvalue weighted by molar-refractivity contribution is -0.128. The molecule has 0 aromatic rings. The van der Waals surface area contributed by atoms with E-state index in [1.165, 1.54) is 70.6 Å². The smallest absolute Gasteiger partial charge is 0.139 e. The van der Waals surface area contributed by atoms with Crippen LogP contribution in [-0.2, 0) is 4.79 Å². The number of hydrogen-bond donors (Lipinski definition) is 0. The molecule has 1 nitrogen and oxygen atoms in total. The Balaban J connectivity index is 2.04. The minimum absolute atomic E-state index is 0.0983. The molecule has 0 aromatic carbocycles. The first-order chi connectivity index (χ1) is 9.25. The summed E-state index contributed by atoms with van der Waals surface area (Å²) in [4.78, 5) is 12.4. The van der Waals surface area contributed by atoms with Gasteiger partial charge in [0.25, 0.3) is 0 Å². The van der Waals surface area contributed by atoms with E-state index in [9.17, 15) is 4.79 Å². The van der Waals surface area contributed by atoms with Crippen LogP contribution in [0.2, 0.25) is 0 Å². The maximum atomic E-state index is 12.4. The van der Waals surface area contributed by atoms with Crippen molar-refractivity contribution in [1.29, 1.82) is 0 Å². The fraction of sp³-hybridized carbons (Fsp3) is 0.944. The molecule has 1 aliphatic rings. The van der Waals surface area contributed by atoms with Gasteiger partial charge in [0.2, 0.25) is 0 Å². The van der Waals surface area contributed by atoms with Gasteiger partial charge in [-0.05, 0) is 25.7 Å². The zero-order valence-electron chi connectivity index (χ0n) is 13.3. The van der Waals surface area contributed by atoms with Crippen LogP contribution < -0.4 is 0 Å². The van der Waals surface area contributed by atoms with Gasteiger partial charge in [0.15, 0.2) is 0 Å². The van der Waals surface area contributed by atoms with E-state index in [1.54, 1.807) is 0 Å². The van der Waals surface area contributed by atoms with Gasteiger partial charge in [0, 0.05) is 11.8 Å². The third kappa shape index (κ3) is 5.67. The second-order valence-corrected chi connectivity index (χ2v) is 6.49. The van der Waals surface area contributed by atoms with Gasteiger partial charge in [-0.15, -0.1) is 0 Å². The van der Waals surface area contributed by atoms with E-state index in [0.717, 1.165) is 19.3 Å². The quantitative estimate of drug-likeness (QED) is 0.416. The normalized spacial score (nSPS) is 17.8. The van der Waals surface area contributed by atoms with Gasteiger partial charge >= 0.3 is 0 Å². The number of carbonyl (C=O) groups excluding carboxylic acids is 1. The van der Waals surface area contributed by atoms with Crippen molar-refractivity contribution in [3.05, 3.63) is 0 Å². The second-order valence-electron chi connectivity index (χ2n) is 6.49. The van der Waals surface area contributed by atoms with Gasteiger partial charge in [-0.1, -0.05) is 71.6 Å². The Morgan fingerprint density at radius 3 is 1.89 bits per heavy atom. The highest BCUT2D eigenvalue weighted by Crippen LogP contribution is 2.42. The van der Waals surface area contributed by atoms with Crippen molar-refractivity contribution >= 4 is 5.78 Å². The highest BCUT2D eigenvalue weighted by molar-refractivity contribution is 5.85. The standard InChI is InChI=1S/C18H34O/c1-3-5-6-7-8-9-10-11-14-17(19)18(4-2)15-12-13-16-18/h3-16H2,1-2H3. The summed E-state index contributed by atoms with van der Waals surface area (Å²) in [7, 11) is 0. The molecule has 0 saturated heterocycles. The lowest BCUT2D eigenvalue weighted by atomic mass is 9.77. The van der Waals surface area contributed by atoms with Crippen LogP contribution in [0.3, 0.4) is 0 Å². The summed E-state index contributed by atoms with van der Waals surface area (Å²) in [5.74, 6) is 0.582. The molecule has 0 N–H and O–H groups in total. The molecule has 1 aliphatic carbocycles. The van der Waals surface area contributed by atoms with Crippen molar-refractivity contribution in [2.45, 2.75) is 104 Å². The molecule has 0 bridgehead atoms. The third-order valence-corrected chi connectivity index (χ3v) is 5.09. The Kier molecular flexibility index (Phi) is 8.41. The molecule has 0 atom stereocenters. The number of Topliss-reactive ketones (excluding diaryl/α,β-unsaturated/α-hetero) is 1. The molecule has 0 amide bonds. The zero-order chi connectivity index (χ0) is 14.0. The SMILES string of the molecule is CCCCCCCCCCC(=O)C1(CC)CCCC1. The molecule has 0 unspecified atom stereocenters. The molecular formula is C18H34O. The summed E-state index contributed by atoms with van der Waals surface area (Å²) in [6.07, 6.45) is 17.4. The topological polar surface area (TPSA) is 17.1 Å². The van der Waals surface area contributed by atoms with Crippen molar-refractivity contribution in [1.82, 2.24) is 0 Å². The van der Waals surface area contributed by atoms with E-state index < -0.39 is 0 Å². The Bertz CT molecular complexity index is 238. The van der Waals surface area contributed by atoms with E-state index in [-0.39, 0.29) is 5.41 Å². The van der Waals surface area contributed by atoms with Gasteiger partial charge in [0.1, 0.15) is 5.78 Å². The highest BCUT2D eigenvalue weighted by atomic mass is 16.1. The fourth-order valence-electron chi connectivity index (χ4n) is 3.57. The first kappa shape index (κ1) is 16.7. The second kappa shape index (κ2) is 9.55. The molecule has 1 saturated carbocycles. The van der Waals surface area contributed by atoms with Crippen molar-refractivity contribution in [3.8, 4) is 0 Å². The summed E-state index contributed by atoms with van der Waals surface area (Å²) in [5, 5.41) is 0. The van der Waals surface area contributed by atoms with Crippen molar-refractivity contribution in [2.75, 3.05) is 0 Å². The van der Waals surface area contributed by atoms with Crippen LogP contribution >= 0.6 is 0 Å². The monoisotopic (exact) mass is 266 g/mol. The summed E-state index contributed by atoms with van der Waals surface area (Å²) in [6.45, 7) is 4.47. The van der Waals surface area contributed by atoms with Crippen molar-refractivity contribution < 1.29 is 4.79 Å². The van der Waals surface area contributed by atoms with Crippen LogP contribution in [0, 0.1) is 5.41 Å². The lowest BCUT2D eigenvalue weighted by Crippen LogP contribution is -2.26. The minimum Gasteiger partial charge on any atom is -0.299 e. The maximum absolute atomic E-state index is 12.4. The Morgan fingerprint density at radius 2 is 1.37 bits per heavy atom. The van der Waals surface area contributed by atoms with E-state index in [4.69, 9.17) is 0 Å². The zero-order valence-corrected chi connectivity index (χ0v) is 13.3. The van der Waals surface area contributed by atoms with Gasteiger partial charge in [-0.25, -0.2) is 0 Å². The van der Waals surface area contributed by atoms with Gasteiger partial charge in [0.05, 0.1) is 0 Å².